The summed E-state index contributed by atoms with van der Waals surface area (Å²) in [5.74, 6) is 0.619. The van der Waals surface area contributed by atoms with Crippen LogP contribution in [0.15, 0.2) is 48.5 Å². The molecule has 0 saturated carbocycles. The van der Waals surface area contributed by atoms with E-state index in [4.69, 9.17) is 9.47 Å². The van der Waals surface area contributed by atoms with Crippen molar-refractivity contribution in [1.29, 1.82) is 0 Å². The third-order valence-corrected chi connectivity index (χ3v) is 4.86. The summed E-state index contributed by atoms with van der Waals surface area (Å²) in [6.45, 7) is 4.71. The van der Waals surface area contributed by atoms with Gasteiger partial charge in [-0.05, 0) is 36.8 Å². The molecule has 0 unspecified atom stereocenters. The van der Waals surface area contributed by atoms with Gasteiger partial charge >= 0.3 is 0 Å². The predicted molar refractivity (Wildman–Crippen MR) is 111 cm³/mol. The number of hydrogen-bond donors (Lipinski definition) is 1. The molecule has 29 heavy (non-hydrogen) atoms. The number of piperazine rings is 1. The number of methoxy groups -OCH3 is 1. The van der Waals surface area contributed by atoms with Crippen LogP contribution in [0.5, 0.6) is 11.5 Å². The van der Waals surface area contributed by atoms with E-state index >= 15 is 0 Å². The number of benzene rings is 2. The second-order valence-corrected chi connectivity index (χ2v) is 6.92. The zero-order chi connectivity index (χ0) is 20.6. The van der Waals surface area contributed by atoms with Crippen LogP contribution in [0.25, 0.3) is 0 Å². The molecule has 1 heterocycles. The molecule has 3 rings (SSSR count). The van der Waals surface area contributed by atoms with Crippen molar-refractivity contribution in [3.05, 3.63) is 54.1 Å². The highest BCUT2D eigenvalue weighted by atomic mass is 16.5. The summed E-state index contributed by atoms with van der Waals surface area (Å²) < 4.78 is 10.7. The Labute approximate surface area is 171 Å². The SMILES string of the molecule is COc1ccccc1OCC(=O)NCC(=O)N1CCN(c2cccc(C)c2)CC1. The third-order valence-electron chi connectivity index (χ3n) is 4.86. The summed E-state index contributed by atoms with van der Waals surface area (Å²) in [5.41, 5.74) is 2.40. The summed E-state index contributed by atoms with van der Waals surface area (Å²) in [4.78, 5) is 28.5. The van der Waals surface area contributed by atoms with E-state index in [1.54, 1.807) is 30.2 Å². The molecule has 2 aromatic carbocycles. The van der Waals surface area contributed by atoms with Gasteiger partial charge in [0, 0.05) is 31.9 Å². The Morgan fingerprint density at radius 3 is 2.41 bits per heavy atom. The number of hydrogen-bond acceptors (Lipinski definition) is 5. The number of nitrogens with one attached hydrogen (secondary N) is 1. The van der Waals surface area contributed by atoms with E-state index < -0.39 is 0 Å². The van der Waals surface area contributed by atoms with Gasteiger partial charge in [-0.1, -0.05) is 24.3 Å². The molecular formula is C22H27N3O4. The molecule has 1 aliphatic rings. The Morgan fingerprint density at radius 2 is 1.72 bits per heavy atom. The van der Waals surface area contributed by atoms with Gasteiger partial charge in [0.2, 0.25) is 5.91 Å². The molecule has 1 fully saturated rings. The third kappa shape index (κ3) is 5.63. The van der Waals surface area contributed by atoms with Crippen LogP contribution in [-0.4, -0.2) is 63.2 Å². The number of anilines is 1. The van der Waals surface area contributed by atoms with Crippen molar-refractivity contribution in [2.75, 3.05) is 51.3 Å². The molecule has 0 aliphatic carbocycles. The minimum Gasteiger partial charge on any atom is -0.493 e. The van der Waals surface area contributed by atoms with E-state index in [-0.39, 0.29) is 25.0 Å². The molecule has 1 aliphatic heterocycles. The van der Waals surface area contributed by atoms with E-state index in [9.17, 15) is 9.59 Å². The summed E-state index contributed by atoms with van der Waals surface area (Å²) in [6, 6.07) is 15.5. The number of amides is 2. The lowest BCUT2D eigenvalue weighted by Gasteiger charge is -2.36. The summed E-state index contributed by atoms with van der Waals surface area (Å²) in [7, 11) is 1.54. The number of carbonyl (C=O) groups excluding carboxylic acids is 2. The van der Waals surface area contributed by atoms with Crippen LogP contribution in [0, 0.1) is 6.92 Å². The van der Waals surface area contributed by atoms with E-state index in [1.807, 2.05) is 12.1 Å². The van der Waals surface area contributed by atoms with Gasteiger partial charge in [0.05, 0.1) is 13.7 Å². The molecule has 0 atom stereocenters. The van der Waals surface area contributed by atoms with Crippen LogP contribution in [0.2, 0.25) is 0 Å². The van der Waals surface area contributed by atoms with Crippen molar-refractivity contribution in [2.24, 2.45) is 0 Å². The standard InChI is InChI=1S/C22H27N3O4/c1-17-6-5-7-18(14-17)24-10-12-25(13-11-24)22(27)15-23-21(26)16-29-20-9-4-3-8-19(20)28-2/h3-9,14H,10-13,15-16H2,1-2H3,(H,23,26). The van der Waals surface area contributed by atoms with Gasteiger partial charge in [-0.2, -0.15) is 0 Å². The number of carbonyl (C=O) groups is 2. The van der Waals surface area contributed by atoms with Gasteiger partial charge in [-0.3, -0.25) is 9.59 Å². The number of aryl methyl sites for hydroxylation is 1. The number of rotatable bonds is 7. The number of para-hydroxylation sites is 2. The van der Waals surface area contributed by atoms with E-state index in [2.05, 4.69) is 35.3 Å². The van der Waals surface area contributed by atoms with Crippen LogP contribution in [0.1, 0.15) is 5.56 Å². The largest absolute Gasteiger partial charge is 0.493 e. The average molecular weight is 397 g/mol. The van der Waals surface area contributed by atoms with Crippen LogP contribution in [0.3, 0.4) is 0 Å². The lowest BCUT2D eigenvalue weighted by Crippen LogP contribution is -2.51. The second kappa shape index (κ2) is 9.82. The van der Waals surface area contributed by atoms with Crippen molar-refractivity contribution < 1.29 is 19.1 Å². The van der Waals surface area contributed by atoms with Crippen molar-refractivity contribution in [3.63, 3.8) is 0 Å². The van der Waals surface area contributed by atoms with Crippen molar-refractivity contribution in [2.45, 2.75) is 6.92 Å². The lowest BCUT2D eigenvalue weighted by molar-refractivity contribution is -0.133. The molecule has 7 heteroatoms. The van der Waals surface area contributed by atoms with Crippen molar-refractivity contribution >= 4 is 17.5 Å². The molecule has 154 valence electrons. The molecule has 0 bridgehead atoms. The maximum Gasteiger partial charge on any atom is 0.258 e. The van der Waals surface area contributed by atoms with Crippen LogP contribution in [-0.2, 0) is 9.59 Å². The molecular weight excluding hydrogens is 370 g/mol. The van der Waals surface area contributed by atoms with Gasteiger partial charge in [0.15, 0.2) is 18.1 Å². The monoisotopic (exact) mass is 397 g/mol. The molecule has 1 N–H and O–H groups in total. The van der Waals surface area contributed by atoms with Gasteiger partial charge in [-0.25, -0.2) is 0 Å². The van der Waals surface area contributed by atoms with Gasteiger partial charge < -0.3 is 24.6 Å². The lowest BCUT2D eigenvalue weighted by atomic mass is 10.2. The minimum atomic E-state index is -0.345. The normalized spacial score (nSPS) is 13.7. The van der Waals surface area contributed by atoms with E-state index in [1.165, 1.54) is 11.3 Å². The van der Waals surface area contributed by atoms with Crippen LogP contribution in [0.4, 0.5) is 5.69 Å². The first-order valence-electron chi connectivity index (χ1n) is 9.68. The Morgan fingerprint density at radius 1 is 1.00 bits per heavy atom. The molecule has 1 saturated heterocycles. The van der Waals surface area contributed by atoms with Gasteiger partial charge in [0.1, 0.15) is 0 Å². The maximum absolute atomic E-state index is 12.4. The minimum absolute atomic E-state index is 0.0292. The maximum atomic E-state index is 12.4. The second-order valence-electron chi connectivity index (χ2n) is 6.92. The first kappa shape index (κ1) is 20.5. The zero-order valence-corrected chi connectivity index (χ0v) is 16.9. The van der Waals surface area contributed by atoms with E-state index in [0.29, 0.717) is 24.6 Å². The molecule has 7 nitrogen and oxygen atoms in total. The first-order valence-corrected chi connectivity index (χ1v) is 9.68. The number of nitrogens with zero attached hydrogens (tertiary/aromatic N) is 2. The highest BCUT2D eigenvalue weighted by Crippen LogP contribution is 2.25. The summed E-state index contributed by atoms with van der Waals surface area (Å²) >= 11 is 0. The Kier molecular flexibility index (Phi) is 6.94. The predicted octanol–water partition coefficient (Wildman–Crippen LogP) is 1.85. The molecule has 2 amide bonds. The summed E-state index contributed by atoms with van der Waals surface area (Å²) in [5, 5.41) is 2.63. The average Bonchev–Trinajstić information content (AvgIpc) is 2.76. The molecule has 0 spiro atoms. The summed E-state index contributed by atoms with van der Waals surface area (Å²) in [6.07, 6.45) is 0. The van der Waals surface area contributed by atoms with Gasteiger partial charge in [-0.15, -0.1) is 0 Å². The fourth-order valence-corrected chi connectivity index (χ4v) is 3.26. The molecule has 0 aromatic heterocycles. The molecule has 2 aromatic rings. The fourth-order valence-electron chi connectivity index (χ4n) is 3.26. The van der Waals surface area contributed by atoms with Crippen LogP contribution < -0.4 is 19.7 Å². The highest BCUT2D eigenvalue weighted by molar-refractivity contribution is 5.85. The quantitative estimate of drug-likeness (QED) is 0.772. The fraction of sp³-hybridized carbons (Fsp3) is 0.364. The zero-order valence-electron chi connectivity index (χ0n) is 16.9. The Balaban J connectivity index is 1.40. The van der Waals surface area contributed by atoms with Crippen molar-refractivity contribution in [1.82, 2.24) is 10.2 Å². The smallest absolute Gasteiger partial charge is 0.258 e. The van der Waals surface area contributed by atoms with Crippen molar-refractivity contribution in [3.8, 4) is 11.5 Å². The Hall–Kier alpha value is -3.22. The topological polar surface area (TPSA) is 71.1 Å². The van der Waals surface area contributed by atoms with Gasteiger partial charge in [0.25, 0.3) is 5.91 Å². The highest BCUT2D eigenvalue weighted by Gasteiger charge is 2.21. The number of ether oxygens (including phenoxy) is 2. The van der Waals surface area contributed by atoms with Crippen LogP contribution >= 0.6 is 0 Å². The molecule has 0 radical (unpaired) electrons. The Bertz CT molecular complexity index is 847. The first-order chi connectivity index (χ1) is 14.1. The van der Waals surface area contributed by atoms with E-state index in [0.717, 1.165) is 13.1 Å².